The number of nitrogens with one attached hydrogen (secondary N) is 1. The predicted octanol–water partition coefficient (Wildman–Crippen LogP) is 3.37. The van der Waals surface area contributed by atoms with Crippen molar-refractivity contribution >= 4 is 21.7 Å². The predicted molar refractivity (Wildman–Crippen MR) is 84.8 cm³/mol. The molecular weight excluding hydrogens is 318 g/mol. The SMILES string of the molecule is CCNc1nc(-c2cncn2C)nc(C(C)(C)C)c1Br. The maximum Gasteiger partial charge on any atom is 0.180 e. The molecule has 0 aliphatic heterocycles. The second-order valence-electron chi connectivity index (χ2n) is 5.73. The van der Waals surface area contributed by atoms with Crippen LogP contribution in [0, 0.1) is 0 Å². The van der Waals surface area contributed by atoms with E-state index >= 15 is 0 Å². The van der Waals surface area contributed by atoms with Crippen molar-refractivity contribution in [2.45, 2.75) is 33.1 Å². The van der Waals surface area contributed by atoms with E-state index in [1.165, 1.54) is 0 Å². The Hall–Kier alpha value is -1.43. The van der Waals surface area contributed by atoms with Gasteiger partial charge in [-0.1, -0.05) is 20.8 Å². The molecule has 0 saturated heterocycles. The summed E-state index contributed by atoms with van der Waals surface area (Å²) in [5, 5.41) is 3.28. The van der Waals surface area contributed by atoms with Gasteiger partial charge in [-0.05, 0) is 22.9 Å². The molecule has 6 heteroatoms. The number of aryl methyl sites for hydroxylation is 1. The van der Waals surface area contributed by atoms with E-state index in [9.17, 15) is 0 Å². The molecule has 0 radical (unpaired) electrons. The molecular formula is C14H20BrN5. The van der Waals surface area contributed by atoms with Crippen molar-refractivity contribution < 1.29 is 0 Å². The van der Waals surface area contributed by atoms with Gasteiger partial charge in [-0.2, -0.15) is 0 Å². The van der Waals surface area contributed by atoms with Gasteiger partial charge in [0.15, 0.2) is 5.82 Å². The van der Waals surface area contributed by atoms with Gasteiger partial charge < -0.3 is 9.88 Å². The van der Waals surface area contributed by atoms with Crippen LogP contribution in [0.4, 0.5) is 5.82 Å². The van der Waals surface area contributed by atoms with Gasteiger partial charge in [0.1, 0.15) is 11.5 Å². The maximum atomic E-state index is 4.73. The van der Waals surface area contributed by atoms with Gasteiger partial charge in [0.2, 0.25) is 0 Å². The van der Waals surface area contributed by atoms with Gasteiger partial charge >= 0.3 is 0 Å². The summed E-state index contributed by atoms with van der Waals surface area (Å²) >= 11 is 3.62. The lowest BCUT2D eigenvalue weighted by Gasteiger charge is -2.22. The Kier molecular flexibility index (Phi) is 4.13. The van der Waals surface area contributed by atoms with E-state index in [1.807, 2.05) is 11.6 Å². The molecule has 0 bridgehead atoms. The Morgan fingerprint density at radius 1 is 1.30 bits per heavy atom. The highest BCUT2D eigenvalue weighted by atomic mass is 79.9. The molecule has 5 nitrogen and oxygen atoms in total. The first-order chi connectivity index (χ1) is 9.34. The fourth-order valence-electron chi connectivity index (χ4n) is 1.92. The molecule has 2 aromatic heterocycles. The van der Waals surface area contributed by atoms with Crippen LogP contribution in [0.15, 0.2) is 17.0 Å². The third-order valence-corrected chi connectivity index (χ3v) is 3.70. The highest BCUT2D eigenvalue weighted by Gasteiger charge is 2.24. The number of rotatable bonds is 3. The Bertz CT molecular complexity index is 613. The van der Waals surface area contributed by atoms with Crippen molar-refractivity contribution in [3.05, 3.63) is 22.7 Å². The van der Waals surface area contributed by atoms with E-state index in [4.69, 9.17) is 4.98 Å². The van der Waals surface area contributed by atoms with E-state index < -0.39 is 0 Å². The first-order valence-corrected chi connectivity index (χ1v) is 7.42. The molecule has 108 valence electrons. The normalized spacial score (nSPS) is 11.7. The zero-order valence-electron chi connectivity index (χ0n) is 12.5. The lowest BCUT2D eigenvalue weighted by atomic mass is 9.92. The molecule has 0 saturated carbocycles. The largest absolute Gasteiger partial charge is 0.369 e. The molecule has 0 fully saturated rings. The van der Waals surface area contributed by atoms with Crippen molar-refractivity contribution in [1.29, 1.82) is 0 Å². The molecule has 0 atom stereocenters. The number of hydrogen-bond donors (Lipinski definition) is 1. The summed E-state index contributed by atoms with van der Waals surface area (Å²) in [6.45, 7) is 9.29. The summed E-state index contributed by atoms with van der Waals surface area (Å²) in [5.74, 6) is 1.51. The third kappa shape index (κ3) is 2.85. The molecule has 1 N–H and O–H groups in total. The lowest BCUT2D eigenvalue weighted by molar-refractivity contribution is 0.564. The van der Waals surface area contributed by atoms with E-state index in [0.29, 0.717) is 5.82 Å². The van der Waals surface area contributed by atoms with Crippen LogP contribution < -0.4 is 5.32 Å². The summed E-state index contributed by atoms with van der Waals surface area (Å²) in [5.41, 5.74) is 1.82. The Morgan fingerprint density at radius 2 is 2.00 bits per heavy atom. The number of halogens is 1. The third-order valence-electron chi connectivity index (χ3n) is 2.95. The molecule has 2 rings (SSSR count). The van der Waals surface area contributed by atoms with Gasteiger partial charge in [0.05, 0.1) is 22.7 Å². The molecule has 0 unspecified atom stereocenters. The molecule has 2 aromatic rings. The molecule has 20 heavy (non-hydrogen) atoms. The van der Waals surface area contributed by atoms with Gasteiger partial charge in [-0.25, -0.2) is 15.0 Å². The molecule has 2 heterocycles. The molecule has 0 aromatic carbocycles. The van der Waals surface area contributed by atoms with Crippen molar-refractivity contribution in [3.8, 4) is 11.5 Å². The van der Waals surface area contributed by atoms with Crippen LogP contribution >= 0.6 is 15.9 Å². The Labute approximate surface area is 128 Å². The second kappa shape index (κ2) is 5.52. The standard InChI is InChI=1S/C14H20BrN5/c1-6-17-13-10(15)11(14(2,3)4)18-12(19-13)9-7-16-8-20(9)5/h7-8H,6H2,1-5H3,(H,17,18,19). The van der Waals surface area contributed by atoms with E-state index in [2.05, 4.69) is 58.9 Å². The minimum absolute atomic E-state index is 0.0702. The summed E-state index contributed by atoms with van der Waals surface area (Å²) in [7, 11) is 1.94. The van der Waals surface area contributed by atoms with Crippen molar-refractivity contribution in [2.75, 3.05) is 11.9 Å². The van der Waals surface area contributed by atoms with Crippen LogP contribution in [0.2, 0.25) is 0 Å². The van der Waals surface area contributed by atoms with Gasteiger partial charge in [0, 0.05) is 19.0 Å². The van der Waals surface area contributed by atoms with Crippen LogP contribution in [0.25, 0.3) is 11.5 Å². The monoisotopic (exact) mass is 337 g/mol. The molecule has 0 spiro atoms. The van der Waals surface area contributed by atoms with Crippen LogP contribution in [0.3, 0.4) is 0 Å². The zero-order chi connectivity index (χ0) is 14.9. The topological polar surface area (TPSA) is 55.6 Å². The highest BCUT2D eigenvalue weighted by molar-refractivity contribution is 9.10. The lowest BCUT2D eigenvalue weighted by Crippen LogP contribution is -2.18. The van der Waals surface area contributed by atoms with E-state index in [-0.39, 0.29) is 5.41 Å². The summed E-state index contributed by atoms with van der Waals surface area (Å²) in [6.07, 6.45) is 3.54. The van der Waals surface area contributed by atoms with Crippen LogP contribution in [0.1, 0.15) is 33.4 Å². The Morgan fingerprint density at radius 3 is 2.50 bits per heavy atom. The van der Waals surface area contributed by atoms with E-state index in [0.717, 1.165) is 28.2 Å². The average Bonchev–Trinajstić information content (AvgIpc) is 2.77. The van der Waals surface area contributed by atoms with Crippen molar-refractivity contribution in [2.24, 2.45) is 7.05 Å². The minimum Gasteiger partial charge on any atom is -0.369 e. The fourth-order valence-corrected chi connectivity index (χ4v) is 2.83. The van der Waals surface area contributed by atoms with Gasteiger partial charge in [-0.3, -0.25) is 0 Å². The van der Waals surface area contributed by atoms with Crippen LogP contribution in [0.5, 0.6) is 0 Å². The maximum absolute atomic E-state index is 4.73. The zero-order valence-corrected chi connectivity index (χ0v) is 14.1. The minimum atomic E-state index is -0.0702. The smallest absolute Gasteiger partial charge is 0.180 e. The van der Waals surface area contributed by atoms with Gasteiger partial charge in [0.25, 0.3) is 0 Å². The summed E-state index contributed by atoms with van der Waals surface area (Å²) < 4.78 is 2.85. The first kappa shape index (κ1) is 15.0. The van der Waals surface area contributed by atoms with Crippen molar-refractivity contribution in [3.63, 3.8) is 0 Å². The van der Waals surface area contributed by atoms with Crippen LogP contribution in [-0.2, 0) is 12.5 Å². The number of nitrogens with zero attached hydrogens (tertiary/aromatic N) is 4. The quantitative estimate of drug-likeness (QED) is 0.932. The number of imidazole rings is 1. The number of anilines is 1. The highest BCUT2D eigenvalue weighted by Crippen LogP contribution is 2.34. The molecule has 0 amide bonds. The molecule has 0 aliphatic rings. The van der Waals surface area contributed by atoms with Crippen LogP contribution in [-0.4, -0.2) is 26.1 Å². The second-order valence-corrected chi connectivity index (χ2v) is 6.52. The fraction of sp³-hybridized carbons (Fsp3) is 0.500. The van der Waals surface area contributed by atoms with Gasteiger partial charge in [-0.15, -0.1) is 0 Å². The Balaban J connectivity index is 2.65. The van der Waals surface area contributed by atoms with E-state index in [1.54, 1.807) is 12.5 Å². The first-order valence-electron chi connectivity index (χ1n) is 6.63. The average molecular weight is 338 g/mol. The summed E-state index contributed by atoms with van der Waals surface area (Å²) in [6, 6.07) is 0. The molecule has 0 aliphatic carbocycles. The van der Waals surface area contributed by atoms with Crippen molar-refractivity contribution in [1.82, 2.24) is 19.5 Å². The summed E-state index contributed by atoms with van der Waals surface area (Å²) in [4.78, 5) is 13.5. The number of hydrogen-bond acceptors (Lipinski definition) is 4. The number of aromatic nitrogens is 4.